The van der Waals surface area contributed by atoms with E-state index in [0.717, 1.165) is 12.8 Å². The molecule has 0 heterocycles. The first kappa shape index (κ1) is 28.8. The Bertz CT molecular complexity index is 1480. The molecule has 0 aliphatic heterocycles. The molecule has 0 saturated heterocycles. The zero-order valence-corrected chi connectivity index (χ0v) is 29.5. The third-order valence-electron chi connectivity index (χ3n) is 8.20. The first-order valence-corrected chi connectivity index (χ1v) is 34.6. The van der Waals surface area contributed by atoms with Gasteiger partial charge in [-0.1, -0.05) is 0 Å². The first-order valence-electron chi connectivity index (χ1n) is 12.8. The predicted molar refractivity (Wildman–Crippen MR) is 169 cm³/mol. The molecule has 0 radical (unpaired) electrons. The van der Waals surface area contributed by atoms with Crippen molar-refractivity contribution in [2.45, 2.75) is 12.8 Å². The summed E-state index contributed by atoms with van der Waals surface area (Å²) in [5.74, 6) is 0. The van der Waals surface area contributed by atoms with Crippen LogP contribution in [0.4, 0.5) is 0 Å². The van der Waals surface area contributed by atoms with E-state index < -0.39 is 15.4 Å². The van der Waals surface area contributed by atoms with Gasteiger partial charge < -0.3 is 0 Å². The van der Waals surface area contributed by atoms with Gasteiger partial charge in [0.15, 0.2) is 0 Å². The van der Waals surface area contributed by atoms with Crippen LogP contribution in [0.3, 0.4) is 0 Å². The number of hydrogen-bond donors (Lipinski definition) is 0. The van der Waals surface area contributed by atoms with E-state index in [4.69, 9.17) is 0 Å². The fourth-order valence-corrected chi connectivity index (χ4v) is 44.8. The molecule has 0 bridgehead atoms. The fraction of sp³-hybridized carbons (Fsp3) is 0.0588. The van der Waals surface area contributed by atoms with Gasteiger partial charge in [-0.15, -0.1) is 24.8 Å². The summed E-state index contributed by atoms with van der Waals surface area (Å²) in [6.45, 7) is 0. The van der Waals surface area contributed by atoms with Gasteiger partial charge in [0, 0.05) is 0 Å². The zero-order chi connectivity index (χ0) is 24.5. The van der Waals surface area contributed by atoms with Crippen LogP contribution in [-0.4, -0.2) is 12.2 Å². The molecule has 2 aliphatic carbocycles. The molecule has 0 amide bonds. The summed E-state index contributed by atoms with van der Waals surface area (Å²) >= 11 is -2.96. The van der Waals surface area contributed by atoms with Gasteiger partial charge in [0.05, 0.1) is 0 Å². The molecule has 0 fully saturated rings. The van der Waals surface area contributed by atoms with E-state index in [2.05, 4.69) is 146 Å². The number of hydrogen-bond acceptors (Lipinski definition) is 0. The van der Waals surface area contributed by atoms with Gasteiger partial charge in [0.1, 0.15) is 0 Å². The SMILES string of the molecule is Cl.Cl.[GeH2]=[Hf]([C]1=CC(c2ccccc2)=CC1)([C]1=CC(c2ccccc2)=CC1)([c]1ccccc1)[c]1ccccc1. The summed E-state index contributed by atoms with van der Waals surface area (Å²) in [6.07, 6.45) is 12.2. The minimum atomic E-state index is -4.25. The van der Waals surface area contributed by atoms with Crippen molar-refractivity contribution in [3.8, 4) is 0 Å². The van der Waals surface area contributed by atoms with E-state index >= 15 is 0 Å². The molecule has 4 aromatic carbocycles. The standard InChI is InChI=1S/2C11H9.2C6H5.2ClH.GeH2.Hf/c2*1-2-6-10(7-3-1)11-8-4-5-9-11;2*1-2-4-6-5-3-1;;;;/h2*1-3,6-9H,4H2;2*1-5H;2*1H;1H2;. The van der Waals surface area contributed by atoms with Crippen LogP contribution in [0.5, 0.6) is 0 Å². The molecule has 0 unspecified atom stereocenters. The number of rotatable bonds is 6. The summed E-state index contributed by atoms with van der Waals surface area (Å²) < 4.78 is 6.56. The summed E-state index contributed by atoms with van der Waals surface area (Å²) in [7, 11) is 0. The minimum absolute atomic E-state index is 0. The maximum atomic E-state index is 2.58. The normalized spacial score (nSPS) is 14.9. The molecule has 38 heavy (non-hydrogen) atoms. The number of allylic oxidation sites excluding steroid dienone is 8. The molecule has 4 heteroatoms. The van der Waals surface area contributed by atoms with E-state index in [-0.39, 0.29) is 24.8 Å². The third kappa shape index (κ3) is 4.73. The van der Waals surface area contributed by atoms with Crippen LogP contribution >= 0.6 is 24.8 Å². The van der Waals surface area contributed by atoms with Crippen LogP contribution in [0.25, 0.3) is 11.1 Å². The Morgan fingerprint density at radius 3 is 1.11 bits per heavy atom. The second-order valence-corrected chi connectivity index (χ2v) is 53.5. The average molecular weight is 763 g/mol. The van der Waals surface area contributed by atoms with E-state index in [1.807, 2.05) is 0 Å². The Balaban J connectivity index is 0.00000168. The van der Waals surface area contributed by atoms with Gasteiger partial charge in [-0.2, -0.15) is 0 Å². The van der Waals surface area contributed by atoms with Gasteiger partial charge in [-0.3, -0.25) is 0 Å². The summed E-state index contributed by atoms with van der Waals surface area (Å²) in [6, 6.07) is 44.9. The van der Waals surface area contributed by atoms with Crippen molar-refractivity contribution in [1.29, 1.82) is 0 Å². The second kappa shape index (κ2) is 11.9. The van der Waals surface area contributed by atoms with Crippen molar-refractivity contribution in [3.63, 3.8) is 0 Å². The Morgan fingerprint density at radius 2 is 0.763 bits per heavy atom. The number of benzene rings is 4. The van der Waals surface area contributed by atoms with Crippen molar-refractivity contribution in [2.24, 2.45) is 0 Å². The fourth-order valence-electron chi connectivity index (χ4n) is 6.21. The van der Waals surface area contributed by atoms with Gasteiger partial charge >= 0.3 is 222 Å². The predicted octanol–water partition coefficient (Wildman–Crippen LogP) is 7.46. The van der Waals surface area contributed by atoms with Crippen molar-refractivity contribution < 1.29 is 15.4 Å². The summed E-state index contributed by atoms with van der Waals surface area (Å²) in [5, 5.41) is 0. The Morgan fingerprint density at radius 1 is 0.447 bits per heavy atom. The maximum absolute atomic E-state index is 4.25. The van der Waals surface area contributed by atoms with E-state index in [9.17, 15) is 0 Å². The van der Waals surface area contributed by atoms with Crippen molar-refractivity contribution in [3.05, 3.63) is 163 Å². The first-order chi connectivity index (χ1) is 17.7. The molecule has 0 saturated carbocycles. The summed E-state index contributed by atoms with van der Waals surface area (Å²) in [5.41, 5.74) is 5.40. The second-order valence-electron chi connectivity index (χ2n) is 9.99. The van der Waals surface area contributed by atoms with E-state index in [1.165, 1.54) is 34.5 Å². The summed E-state index contributed by atoms with van der Waals surface area (Å²) in [4.78, 5) is 0. The van der Waals surface area contributed by atoms with Crippen LogP contribution in [-0.2, 0) is 15.4 Å². The van der Waals surface area contributed by atoms with E-state index in [0.29, 0.717) is 0 Å². The topological polar surface area (TPSA) is 0 Å². The monoisotopic (exact) mass is 764 g/mol. The van der Waals surface area contributed by atoms with E-state index in [1.54, 1.807) is 13.3 Å². The van der Waals surface area contributed by atoms with Gasteiger partial charge in [0.25, 0.3) is 0 Å². The van der Waals surface area contributed by atoms with Crippen LogP contribution in [0.15, 0.2) is 152 Å². The average Bonchev–Trinajstić information content (AvgIpc) is 3.67. The van der Waals surface area contributed by atoms with Gasteiger partial charge in [-0.05, 0) is 0 Å². The molecule has 0 atom stereocenters. The molecule has 190 valence electrons. The molecule has 0 aromatic heterocycles. The zero-order valence-electron chi connectivity index (χ0n) is 21.3. The van der Waals surface area contributed by atoms with Crippen LogP contribution in [0.1, 0.15) is 24.0 Å². The quantitative estimate of drug-likeness (QED) is 0.179. The van der Waals surface area contributed by atoms with Crippen molar-refractivity contribution >= 4 is 54.8 Å². The Hall–Kier alpha value is -2.17. The van der Waals surface area contributed by atoms with Crippen LogP contribution < -0.4 is 6.64 Å². The molecular formula is C34H32Cl2GeHf. The molecular weight excluding hydrogens is 730 g/mol. The van der Waals surface area contributed by atoms with Crippen molar-refractivity contribution in [2.75, 3.05) is 0 Å². The van der Waals surface area contributed by atoms with Crippen LogP contribution in [0, 0.1) is 0 Å². The molecule has 6 rings (SSSR count). The van der Waals surface area contributed by atoms with Crippen LogP contribution in [0.2, 0.25) is 0 Å². The number of halogens is 2. The molecule has 2 aliphatic rings. The molecule has 0 N–H and O–H groups in total. The molecule has 4 aromatic rings. The molecule has 0 spiro atoms. The Kier molecular flexibility index (Phi) is 9.04. The van der Waals surface area contributed by atoms with Gasteiger partial charge in [0.2, 0.25) is 0 Å². The Labute approximate surface area is 244 Å². The third-order valence-corrected chi connectivity index (χ3v) is 62.1. The molecule has 0 nitrogen and oxygen atoms in total. The van der Waals surface area contributed by atoms with Gasteiger partial charge in [-0.25, -0.2) is 0 Å². The van der Waals surface area contributed by atoms with Crippen molar-refractivity contribution in [1.82, 2.24) is 0 Å².